The van der Waals surface area contributed by atoms with E-state index in [2.05, 4.69) is 10.3 Å². The van der Waals surface area contributed by atoms with Crippen LogP contribution in [-0.2, 0) is 0 Å². The summed E-state index contributed by atoms with van der Waals surface area (Å²) in [7, 11) is 0. The molecule has 3 nitrogen and oxygen atoms in total. The van der Waals surface area contributed by atoms with Gasteiger partial charge in [0.15, 0.2) is 0 Å². The number of aromatic amines is 1. The molecule has 1 atom stereocenters. The van der Waals surface area contributed by atoms with Crippen molar-refractivity contribution in [2.45, 2.75) is 13.0 Å². The molecule has 0 spiro atoms. The van der Waals surface area contributed by atoms with Gasteiger partial charge in [-0.25, -0.2) is 4.39 Å². The predicted molar refractivity (Wildman–Crippen MR) is 80.6 cm³/mol. The van der Waals surface area contributed by atoms with Crippen molar-refractivity contribution >= 4 is 16.8 Å². The van der Waals surface area contributed by atoms with Gasteiger partial charge in [-0.1, -0.05) is 30.3 Å². The Labute approximate surface area is 121 Å². The number of fused-ring (bicyclic) bond motifs is 1. The van der Waals surface area contributed by atoms with Crippen molar-refractivity contribution in [3.8, 4) is 0 Å². The van der Waals surface area contributed by atoms with E-state index >= 15 is 0 Å². The number of H-pyrrole nitrogens is 1. The van der Waals surface area contributed by atoms with Crippen molar-refractivity contribution in [2.75, 3.05) is 0 Å². The lowest BCUT2D eigenvalue weighted by Gasteiger charge is -2.13. The predicted octanol–water partition coefficient (Wildman–Crippen LogP) is 3.80. The smallest absolute Gasteiger partial charge is 0.268 e. The zero-order valence-electron chi connectivity index (χ0n) is 11.6. The largest absolute Gasteiger partial charge is 0.351 e. The van der Waals surface area contributed by atoms with E-state index in [1.54, 1.807) is 12.1 Å². The molecule has 0 radical (unpaired) electrons. The first-order valence-electron chi connectivity index (χ1n) is 6.77. The topological polar surface area (TPSA) is 44.9 Å². The number of hydrogen-bond donors (Lipinski definition) is 2. The van der Waals surface area contributed by atoms with Gasteiger partial charge in [0.2, 0.25) is 0 Å². The second-order valence-electron chi connectivity index (χ2n) is 5.02. The van der Waals surface area contributed by atoms with Gasteiger partial charge < -0.3 is 10.3 Å². The summed E-state index contributed by atoms with van der Waals surface area (Å²) in [4.78, 5) is 15.3. The monoisotopic (exact) mass is 282 g/mol. The van der Waals surface area contributed by atoms with E-state index in [9.17, 15) is 9.18 Å². The fourth-order valence-corrected chi connectivity index (χ4v) is 2.30. The van der Waals surface area contributed by atoms with Crippen molar-refractivity contribution < 1.29 is 9.18 Å². The summed E-state index contributed by atoms with van der Waals surface area (Å²) in [6.45, 7) is 1.87. The highest BCUT2D eigenvalue weighted by atomic mass is 19.1. The highest BCUT2D eigenvalue weighted by Crippen LogP contribution is 2.17. The van der Waals surface area contributed by atoms with E-state index in [-0.39, 0.29) is 17.8 Å². The van der Waals surface area contributed by atoms with Crippen LogP contribution in [0.15, 0.2) is 54.6 Å². The summed E-state index contributed by atoms with van der Waals surface area (Å²) in [5, 5.41) is 3.90. The van der Waals surface area contributed by atoms with Gasteiger partial charge >= 0.3 is 0 Å². The molecule has 21 heavy (non-hydrogen) atoms. The summed E-state index contributed by atoms with van der Waals surface area (Å²) in [6.07, 6.45) is 0. The summed E-state index contributed by atoms with van der Waals surface area (Å²) in [5.41, 5.74) is 2.31. The van der Waals surface area contributed by atoms with E-state index < -0.39 is 0 Å². The third kappa shape index (κ3) is 2.79. The normalized spacial score (nSPS) is 12.3. The van der Waals surface area contributed by atoms with Crippen molar-refractivity contribution in [1.29, 1.82) is 0 Å². The first kappa shape index (κ1) is 13.4. The van der Waals surface area contributed by atoms with Gasteiger partial charge in [0.1, 0.15) is 11.5 Å². The lowest BCUT2D eigenvalue weighted by Crippen LogP contribution is -2.26. The number of para-hydroxylation sites is 1. The maximum atomic E-state index is 12.9. The lowest BCUT2D eigenvalue weighted by atomic mass is 10.1. The first-order valence-corrected chi connectivity index (χ1v) is 6.77. The second kappa shape index (κ2) is 5.40. The van der Waals surface area contributed by atoms with E-state index in [0.717, 1.165) is 16.5 Å². The van der Waals surface area contributed by atoms with Gasteiger partial charge in [-0.15, -0.1) is 0 Å². The summed E-state index contributed by atoms with van der Waals surface area (Å²) in [5.74, 6) is -0.462. The zero-order chi connectivity index (χ0) is 14.8. The molecule has 0 fully saturated rings. The highest BCUT2D eigenvalue weighted by molar-refractivity contribution is 5.98. The molecule has 0 saturated heterocycles. The Hall–Kier alpha value is -2.62. The van der Waals surface area contributed by atoms with Gasteiger partial charge in [0, 0.05) is 10.9 Å². The quantitative estimate of drug-likeness (QED) is 0.754. The summed E-state index contributed by atoms with van der Waals surface area (Å²) >= 11 is 0. The zero-order valence-corrected chi connectivity index (χ0v) is 11.6. The minimum absolute atomic E-state index is 0.178. The lowest BCUT2D eigenvalue weighted by molar-refractivity contribution is 0.0935. The van der Waals surface area contributed by atoms with Gasteiger partial charge in [0.05, 0.1) is 6.04 Å². The van der Waals surface area contributed by atoms with Crippen LogP contribution >= 0.6 is 0 Å². The molecule has 106 valence electrons. The van der Waals surface area contributed by atoms with E-state index in [1.165, 1.54) is 12.1 Å². The van der Waals surface area contributed by atoms with Crippen LogP contribution in [0.4, 0.5) is 4.39 Å². The number of aromatic nitrogens is 1. The third-order valence-corrected chi connectivity index (χ3v) is 3.49. The Bertz CT molecular complexity index is 744. The number of rotatable bonds is 3. The molecule has 1 aromatic heterocycles. The maximum absolute atomic E-state index is 12.9. The van der Waals surface area contributed by atoms with Crippen LogP contribution < -0.4 is 5.32 Å². The van der Waals surface area contributed by atoms with Crippen molar-refractivity contribution in [1.82, 2.24) is 10.3 Å². The molecule has 1 heterocycles. The number of nitrogens with one attached hydrogen (secondary N) is 2. The molecule has 0 saturated carbocycles. The molecule has 0 aliphatic heterocycles. The molecule has 3 rings (SSSR count). The number of benzene rings is 2. The number of hydrogen-bond acceptors (Lipinski definition) is 1. The van der Waals surface area contributed by atoms with Gasteiger partial charge in [-0.3, -0.25) is 4.79 Å². The minimum Gasteiger partial charge on any atom is -0.351 e. The average molecular weight is 282 g/mol. The number of amides is 1. The molecule has 0 bridgehead atoms. The molecule has 1 unspecified atom stereocenters. The van der Waals surface area contributed by atoms with E-state index in [4.69, 9.17) is 0 Å². The Balaban J connectivity index is 1.77. The third-order valence-electron chi connectivity index (χ3n) is 3.49. The van der Waals surface area contributed by atoms with Crippen molar-refractivity contribution in [3.63, 3.8) is 0 Å². The Kier molecular flexibility index (Phi) is 3.44. The van der Waals surface area contributed by atoms with Crippen LogP contribution in [0.1, 0.15) is 29.0 Å². The number of carbonyl (C=O) groups is 1. The standard InChI is InChI=1S/C17H15FN2O/c1-11(12-6-8-14(18)9-7-12)19-17(21)16-10-13-4-2-3-5-15(13)20-16/h2-11,20H,1H3,(H,19,21). The molecule has 3 aromatic rings. The maximum Gasteiger partial charge on any atom is 0.268 e. The SMILES string of the molecule is CC(NC(=O)c1cc2ccccc2[nH]1)c1ccc(F)cc1. The van der Waals surface area contributed by atoms with E-state index in [1.807, 2.05) is 37.3 Å². The molecule has 0 aliphatic rings. The van der Waals surface area contributed by atoms with Crippen molar-refractivity contribution in [2.24, 2.45) is 0 Å². The van der Waals surface area contributed by atoms with Crippen LogP contribution in [-0.4, -0.2) is 10.9 Å². The molecule has 2 aromatic carbocycles. The van der Waals surface area contributed by atoms with E-state index in [0.29, 0.717) is 5.69 Å². The molecule has 0 aliphatic carbocycles. The number of carbonyl (C=O) groups excluding carboxylic acids is 1. The van der Waals surface area contributed by atoms with Gasteiger partial charge in [0.25, 0.3) is 5.91 Å². The molecular formula is C17H15FN2O. The summed E-state index contributed by atoms with van der Waals surface area (Å²) < 4.78 is 12.9. The van der Waals surface area contributed by atoms with Crippen LogP contribution in [0.3, 0.4) is 0 Å². The summed E-state index contributed by atoms with van der Waals surface area (Å²) in [6, 6.07) is 15.5. The van der Waals surface area contributed by atoms with Crippen molar-refractivity contribution in [3.05, 3.63) is 71.7 Å². The number of halogens is 1. The fraction of sp³-hybridized carbons (Fsp3) is 0.118. The van der Waals surface area contributed by atoms with Gasteiger partial charge in [-0.2, -0.15) is 0 Å². The Morgan fingerprint density at radius 3 is 2.57 bits per heavy atom. The molecule has 2 N–H and O–H groups in total. The second-order valence-corrected chi connectivity index (χ2v) is 5.02. The van der Waals surface area contributed by atoms with Gasteiger partial charge in [-0.05, 0) is 36.8 Å². The van der Waals surface area contributed by atoms with Crippen LogP contribution in [0.25, 0.3) is 10.9 Å². The highest BCUT2D eigenvalue weighted by Gasteiger charge is 2.13. The first-order chi connectivity index (χ1) is 10.1. The van der Waals surface area contributed by atoms with Crippen LogP contribution in [0, 0.1) is 5.82 Å². The Morgan fingerprint density at radius 2 is 1.86 bits per heavy atom. The van der Waals surface area contributed by atoms with Crippen LogP contribution in [0.2, 0.25) is 0 Å². The molecular weight excluding hydrogens is 267 g/mol. The molecule has 4 heteroatoms. The van der Waals surface area contributed by atoms with Crippen LogP contribution in [0.5, 0.6) is 0 Å². The molecule has 1 amide bonds. The average Bonchev–Trinajstić information content (AvgIpc) is 2.92. The fourth-order valence-electron chi connectivity index (χ4n) is 2.30. The Morgan fingerprint density at radius 1 is 1.14 bits per heavy atom. The minimum atomic E-state index is -0.284.